The van der Waals surface area contributed by atoms with Crippen LogP contribution in [0.15, 0.2) is 48.3 Å². The highest BCUT2D eigenvalue weighted by Crippen LogP contribution is 2.17. The molecule has 0 radical (unpaired) electrons. The second-order valence-corrected chi connectivity index (χ2v) is 8.82. The summed E-state index contributed by atoms with van der Waals surface area (Å²) >= 11 is 3.10. The molecule has 3 amide bonds. The minimum Gasteiger partial charge on any atom is -0.501 e. The smallest absolute Gasteiger partial charge is 0.257 e. The molecule has 0 bridgehead atoms. The maximum absolute atomic E-state index is 12.3. The van der Waals surface area contributed by atoms with Gasteiger partial charge in [-0.05, 0) is 49.8 Å². The molecule has 0 aliphatic carbocycles. The number of hydrogen-bond donors (Lipinski definition) is 1. The Morgan fingerprint density at radius 1 is 1.32 bits per heavy atom. The maximum atomic E-state index is 12.3. The van der Waals surface area contributed by atoms with Gasteiger partial charge in [0.05, 0.1) is 13.2 Å². The summed E-state index contributed by atoms with van der Waals surface area (Å²) in [6, 6.07) is -0.270. The number of ether oxygens (including phenoxy) is 1. The fourth-order valence-corrected chi connectivity index (χ4v) is 3.62. The first kappa shape index (κ1) is 29.4. The van der Waals surface area contributed by atoms with Crippen LogP contribution in [0.3, 0.4) is 0 Å². The largest absolute Gasteiger partial charge is 0.501 e. The molecular weight excluding hydrogens is 496 g/mol. The average Bonchev–Trinajstić information content (AvgIpc) is 3.15. The Kier molecular flexibility index (Phi) is 14.7. The van der Waals surface area contributed by atoms with Crippen LogP contribution in [0.5, 0.6) is 0 Å². The first-order valence-electron chi connectivity index (χ1n) is 11.8. The third-order valence-corrected chi connectivity index (χ3v) is 5.77. The number of imide groups is 1. The summed E-state index contributed by atoms with van der Waals surface area (Å²) in [5.74, 6) is 3.06. The van der Waals surface area contributed by atoms with Crippen molar-refractivity contribution in [2.45, 2.75) is 71.3 Å². The maximum Gasteiger partial charge on any atom is 0.257 e. The van der Waals surface area contributed by atoms with Crippen LogP contribution in [0, 0.1) is 16.7 Å². The zero-order valence-corrected chi connectivity index (χ0v) is 22.2. The second kappa shape index (κ2) is 16.9. The van der Waals surface area contributed by atoms with Crippen molar-refractivity contribution in [2.75, 3.05) is 13.7 Å². The van der Waals surface area contributed by atoms with E-state index in [0.717, 1.165) is 32.1 Å². The van der Waals surface area contributed by atoms with Gasteiger partial charge < -0.3 is 10.1 Å². The highest BCUT2D eigenvalue weighted by Gasteiger charge is 2.27. The normalized spacial score (nSPS) is 16.4. The second-order valence-electron chi connectivity index (χ2n) is 8.42. The highest BCUT2D eigenvalue weighted by atomic mass is 79.9. The molecule has 1 rings (SSSR count). The minimum absolute atomic E-state index is 0.0495. The summed E-state index contributed by atoms with van der Waals surface area (Å²) < 4.78 is 5.24. The Hall–Kier alpha value is -2.59. The van der Waals surface area contributed by atoms with Crippen molar-refractivity contribution in [2.24, 2.45) is 5.92 Å². The Bertz CT molecular complexity index is 864. The van der Waals surface area contributed by atoms with E-state index < -0.39 is 5.91 Å². The van der Waals surface area contributed by atoms with Gasteiger partial charge >= 0.3 is 0 Å². The molecule has 0 saturated carbocycles. The molecule has 2 atom stereocenters. The van der Waals surface area contributed by atoms with E-state index in [-0.39, 0.29) is 17.9 Å². The quantitative estimate of drug-likeness (QED) is 0.104. The lowest BCUT2D eigenvalue weighted by atomic mass is 9.98. The predicted molar refractivity (Wildman–Crippen MR) is 140 cm³/mol. The van der Waals surface area contributed by atoms with Gasteiger partial charge in [0, 0.05) is 53.9 Å². The van der Waals surface area contributed by atoms with Gasteiger partial charge in [-0.15, -0.1) is 0 Å². The van der Waals surface area contributed by atoms with Gasteiger partial charge in [0.1, 0.15) is 5.76 Å². The zero-order chi connectivity index (χ0) is 25.3. The van der Waals surface area contributed by atoms with Gasteiger partial charge in [-0.3, -0.25) is 19.3 Å². The molecular formula is C27H37BrN2O4. The van der Waals surface area contributed by atoms with Crippen molar-refractivity contribution in [3.63, 3.8) is 0 Å². The number of amides is 3. The fraction of sp³-hybridized carbons (Fsp3) is 0.519. The number of carbonyl (C=O) groups is 3. The molecule has 1 N–H and O–H groups in total. The fourth-order valence-electron chi connectivity index (χ4n) is 3.42. The summed E-state index contributed by atoms with van der Waals surface area (Å²) in [5, 5.41) is 2.84. The van der Waals surface area contributed by atoms with E-state index in [1.165, 1.54) is 29.7 Å². The Morgan fingerprint density at radius 3 is 2.74 bits per heavy atom. The number of methoxy groups -OCH3 is 1. The number of nitrogens with one attached hydrogen (secondary N) is 1. The minimum atomic E-state index is -0.419. The predicted octanol–water partition coefficient (Wildman–Crippen LogP) is 5.17. The number of halogens is 1. The van der Waals surface area contributed by atoms with Crippen LogP contribution in [0.1, 0.15) is 65.2 Å². The Balaban J connectivity index is 2.24. The third-order valence-electron chi connectivity index (χ3n) is 5.49. The van der Waals surface area contributed by atoms with Crippen LogP contribution in [0.2, 0.25) is 0 Å². The SMILES string of the molecule is C=C(CCCC#CBr)CCC(C)/C=C/CCC(=O)NCC/C(=C\C(=O)N1C(=O)C=C[C@@H]1C)OC. The van der Waals surface area contributed by atoms with Crippen LogP contribution >= 0.6 is 15.9 Å². The number of nitrogens with zero attached hydrogens (tertiary/aromatic N) is 1. The lowest BCUT2D eigenvalue weighted by Gasteiger charge is -2.18. The van der Waals surface area contributed by atoms with Gasteiger partial charge in [0.15, 0.2) is 0 Å². The summed E-state index contributed by atoms with van der Waals surface area (Å²) in [5.41, 5.74) is 1.26. The molecule has 0 aromatic rings. The average molecular weight is 534 g/mol. The van der Waals surface area contributed by atoms with E-state index in [1.54, 1.807) is 13.0 Å². The van der Waals surface area contributed by atoms with E-state index in [4.69, 9.17) is 4.74 Å². The van der Waals surface area contributed by atoms with Gasteiger partial charge in [0.25, 0.3) is 11.8 Å². The van der Waals surface area contributed by atoms with Crippen molar-refractivity contribution < 1.29 is 19.1 Å². The van der Waals surface area contributed by atoms with Crippen LogP contribution in [0.25, 0.3) is 0 Å². The number of unbranched alkanes of at least 4 members (excludes halogenated alkanes) is 1. The molecule has 7 heteroatoms. The topological polar surface area (TPSA) is 75.7 Å². The van der Waals surface area contributed by atoms with Crippen molar-refractivity contribution in [3.8, 4) is 10.8 Å². The third kappa shape index (κ3) is 12.0. The zero-order valence-electron chi connectivity index (χ0n) is 20.6. The van der Waals surface area contributed by atoms with E-state index in [9.17, 15) is 14.4 Å². The Labute approximate surface area is 212 Å². The number of carbonyl (C=O) groups excluding carboxylic acids is 3. The van der Waals surface area contributed by atoms with Crippen LogP contribution in [0.4, 0.5) is 0 Å². The first-order valence-corrected chi connectivity index (χ1v) is 12.6. The number of allylic oxidation sites excluding steroid dienone is 3. The molecule has 1 unspecified atom stereocenters. The molecule has 1 aliphatic heterocycles. The van der Waals surface area contributed by atoms with Crippen molar-refractivity contribution in [1.29, 1.82) is 0 Å². The van der Waals surface area contributed by atoms with Gasteiger partial charge in [-0.1, -0.05) is 43.2 Å². The standard InChI is InChI=1S/C27H37BrN2O4/c1-21(10-6-5-9-18-28)13-14-22(2)11-7-8-12-25(31)29-19-17-24(34-4)20-27(33)30-23(3)15-16-26(30)32/h7,11,15-16,20,22-23H,1,5-6,8,10,12-14,17,19H2,2-4H3,(H,29,31)/b11-7+,24-20+/t22?,23-/m0/s1. The molecule has 186 valence electrons. The molecule has 6 nitrogen and oxygen atoms in total. The number of rotatable bonds is 15. The molecule has 0 saturated heterocycles. The monoisotopic (exact) mass is 532 g/mol. The summed E-state index contributed by atoms with van der Waals surface area (Å²) in [6.07, 6.45) is 15.0. The molecule has 0 aromatic heterocycles. The molecule has 0 fully saturated rings. The van der Waals surface area contributed by atoms with Crippen molar-refractivity contribution in [1.82, 2.24) is 10.2 Å². The lowest BCUT2D eigenvalue weighted by molar-refractivity contribution is -0.139. The van der Waals surface area contributed by atoms with Crippen molar-refractivity contribution in [3.05, 3.63) is 48.3 Å². The number of hydrogen-bond acceptors (Lipinski definition) is 4. The van der Waals surface area contributed by atoms with E-state index in [1.807, 2.05) is 0 Å². The van der Waals surface area contributed by atoms with E-state index >= 15 is 0 Å². The molecule has 34 heavy (non-hydrogen) atoms. The summed E-state index contributed by atoms with van der Waals surface area (Å²) in [6.45, 7) is 8.45. The van der Waals surface area contributed by atoms with E-state index in [0.29, 0.717) is 37.5 Å². The van der Waals surface area contributed by atoms with Crippen LogP contribution < -0.4 is 5.32 Å². The molecule has 1 aliphatic rings. The highest BCUT2D eigenvalue weighted by molar-refractivity contribution is 9.12. The molecule has 0 aromatic carbocycles. The molecule has 0 spiro atoms. The first-order chi connectivity index (χ1) is 16.3. The van der Waals surface area contributed by atoms with Crippen LogP contribution in [-0.2, 0) is 19.1 Å². The summed E-state index contributed by atoms with van der Waals surface area (Å²) in [4.78, 5) is 40.1. The lowest BCUT2D eigenvalue weighted by Crippen LogP contribution is -2.37. The van der Waals surface area contributed by atoms with Gasteiger partial charge in [0.2, 0.25) is 5.91 Å². The summed E-state index contributed by atoms with van der Waals surface area (Å²) in [7, 11) is 1.47. The van der Waals surface area contributed by atoms with E-state index in [2.05, 4.69) is 57.7 Å². The van der Waals surface area contributed by atoms with Crippen molar-refractivity contribution >= 4 is 33.7 Å². The molecule has 1 heterocycles. The van der Waals surface area contributed by atoms with Gasteiger partial charge in [-0.25, -0.2) is 0 Å². The van der Waals surface area contributed by atoms with Crippen LogP contribution in [-0.4, -0.2) is 42.3 Å². The van der Waals surface area contributed by atoms with Gasteiger partial charge in [-0.2, -0.15) is 0 Å². The Morgan fingerprint density at radius 2 is 2.09 bits per heavy atom.